The zero-order valence-electron chi connectivity index (χ0n) is 15.5. The van der Waals surface area contributed by atoms with Gasteiger partial charge in [0, 0.05) is 32.3 Å². The van der Waals surface area contributed by atoms with E-state index in [4.69, 9.17) is 4.74 Å². The van der Waals surface area contributed by atoms with Gasteiger partial charge in [0.15, 0.2) is 0 Å². The van der Waals surface area contributed by atoms with Crippen LogP contribution in [0.4, 0.5) is 18.0 Å². The van der Waals surface area contributed by atoms with Crippen molar-refractivity contribution in [3.8, 4) is 0 Å². The minimum absolute atomic E-state index is 0.251. The molecule has 1 aromatic rings. The van der Waals surface area contributed by atoms with Crippen LogP contribution in [0.1, 0.15) is 31.9 Å². The van der Waals surface area contributed by atoms with Gasteiger partial charge < -0.3 is 14.5 Å². The standard InChI is InChI=1S/C19H23F3N2O3/c1-18(2,3)27-17(26)24-12-10-23(11-13-24)16(25)9-6-14-4-7-15(8-5-14)19(20,21)22/h4-9H,10-13H2,1-3H3/b9-6+. The van der Waals surface area contributed by atoms with Gasteiger partial charge >= 0.3 is 12.3 Å². The molecule has 0 saturated carbocycles. The normalized spacial score (nSPS) is 15.9. The van der Waals surface area contributed by atoms with Crippen molar-refractivity contribution in [2.75, 3.05) is 26.2 Å². The number of carbonyl (C=O) groups is 2. The maximum absolute atomic E-state index is 12.5. The Balaban J connectivity index is 1.87. The van der Waals surface area contributed by atoms with Gasteiger partial charge in [-0.05, 0) is 44.5 Å². The number of ether oxygens (including phenoxy) is 1. The fourth-order valence-corrected chi connectivity index (χ4v) is 2.49. The van der Waals surface area contributed by atoms with E-state index < -0.39 is 23.4 Å². The first-order valence-electron chi connectivity index (χ1n) is 8.58. The fourth-order valence-electron chi connectivity index (χ4n) is 2.49. The number of carbonyl (C=O) groups excluding carboxylic acids is 2. The van der Waals surface area contributed by atoms with Crippen LogP contribution in [-0.2, 0) is 15.7 Å². The number of piperazine rings is 1. The van der Waals surface area contributed by atoms with Gasteiger partial charge in [-0.2, -0.15) is 13.2 Å². The van der Waals surface area contributed by atoms with Crippen LogP contribution in [0.25, 0.3) is 6.08 Å². The molecule has 1 aliphatic heterocycles. The molecule has 0 N–H and O–H groups in total. The van der Waals surface area contributed by atoms with Gasteiger partial charge in [0.2, 0.25) is 5.91 Å². The summed E-state index contributed by atoms with van der Waals surface area (Å²) in [4.78, 5) is 27.4. The molecular formula is C19H23F3N2O3. The molecule has 0 unspecified atom stereocenters. The van der Waals surface area contributed by atoms with Crippen molar-refractivity contribution in [1.82, 2.24) is 9.80 Å². The van der Waals surface area contributed by atoms with Crippen LogP contribution < -0.4 is 0 Å². The lowest BCUT2D eigenvalue weighted by Crippen LogP contribution is -2.51. The van der Waals surface area contributed by atoms with E-state index in [-0.39, 0.29) is 5.91 Å². The Kier molecular flexibility index (Phi) is 6.18. The number of hydrogen-bond acceptors (Lipinski definition) is 3. The van der Waals surface area contributed by atoms with Crippen LogP contribution >= 0.6 is 0 Å². The molecule has 1 saturated heterocycles. The minimum Gasteiger partial charge on any atom is -0.444 e. The van der Waals surface area contributed by atoms with Gasteiger partial charge in [-0.1, -0.05) is 12.1 Å². The monoisotopic (exact) mass is 384 g/mol. The Morgan fingerprint density at radius 3 is 1.96 bits per heavy atom. The van der Waals surface area contributed by atoms with Gasteiger partial charge in [0.25, 0.3) is 0 Å². The fraction of sp³-hybridized carbons (Fsp3) is 0.474. The first kappa shape index (κ1) is 20.8. The van der Waals surface area contributed by atoms with E-state index in [1.807, 2.05) is 0 Å². The van der Waals surface area contributed by atoms with E-state index >= 15 is 0 Å². The third kappa shape index (κ3) is 6.30. The first-order chi connectivity index (χ1) is 12.5. The minimum atomic E-state index is -4.38. The topological polar surface area (TPSA) is 49.9 Å². The van der Waals surface area contributed by atoms with Crippen LogP contribution in [0, 0.1) is 0 Å². The van der Waals surface area contributed by atoms with E-state index in [2.05, 4.69) is 0 Å². The van der Waals surface area contributed by atoms with Gasteiger partial charge in [0.1, 0.15) is 5.60 Å². The van der Waals surface area contributed by atoms with Crippen LogP contribution in [-0.4, -0.2) is 53.6 Å². The largest absolute Gasteiger partial charge is 0.444 e. The van der Waals surface area contributed by atoms with Crippen LogP contribution in [0.3, 0.4) is 0 Å². The number of benzene rings is 1. The summed E-state index contributed by atoms with van der Waals surface area (Å²) in [6.45, 7) is 6.85. The number of rotatable bonds is 2. The van der Waals surface area contributed by atoms with E-state index in [9.17, 15) is 22.8 Å². The average Bonchev–Trinajstić information content (AvgIpc) is 2.58. The lowest BCUT2D eigenvalue weighted by Gasteiger charge is -2.35. The van der Waals surface area contributed by atoms with Crippen molar-refractivity contribution >= 4 is 18.1 Å². The molecule has 0 atom stereocenters. The highest BCUT2D eigenvalue weighted by Gasteiger charge is 2.30. The molecule has 27 heavy (non-hydrogen) atoms. The Morgan fingerprint density at radius 1 is 0.963 bits per heavy atom. The second kappa shape index (κ2) is 8.02. The molecule has 8 heteroatoms. The molecule has 5 nitrogen and oxygen atoms in total. The lowest BCUT2D eigenvalue weighted by atomic mass is 10.1. The molecule has 1 fully saturated rings. The number of alkyl halides is 3. The molecule has 0 aliphatic carbocycles. The smallest absolute Gasteiger partial charge is 0.416 e. The Labute approximate surface area is 156 Å². The molecule has 2 rings (SSSR count). The molecular weight excluding hydrogens is 361 g/mol. The average molecular weight is 384 g/mol. The highest BCUT2D eigenvalue weighted by atomic mass is 19.4. The number of halogens is 3. The van der Waals surface area contributed by atoms with Gasteiger partial charge in [-0.15, -0.1) is 0 Å². The molecule has 1 aliphatic rings. The Morgan fingerprint density at radius 2 is 1.48 bits per heavy atom. The van der Waals surface area contributed by atoms with E-state index in [0.29, 0.717) is 31.7 Å². The molecule has 1 heterocycles. The zero-order valence-corrected chi connectivity index (χ0v) is 15.5. The van der Waals surface area contributed by atoms with Crippen molar-refractivity contribution < 1.29 is 27.5 Å². The summed E-state index contributed by atoms with van der Waals surface area (Å²) in [5, 5.41) is 0. The summed E-state index contributed by atoms with van der Waals surface area (Å²) in [7, 11) is 0. The van der Waals surface area contributed by atoms with Crippen molar-refractivity contribution in [2.24, 2.45) is 0 Å². The molecule has 2 amide bonds. The summed E-state index contributed by atoms with van der Waals surface area (Å²) in [6.07, 6.45) is -1.99. The lowest BCUT2D eigenvalue weighted by molar-refractivity contribution is -0.137. The van der Waals surface area contributed by atoms with Crippen molar-refractivity contribution in [3.05, 3.63) is 41.5 Å². The maximum atomic E-state index is 12.5. The molecule has 1 aromatic carbocycles. The predicted molar refractivity (Wildman–Crippen MR) is 94.9 cm³/mol. The molecule has 0 radical (unpaired) electrons. The summed E-state index contributed by atoms with van der Waals surface area (Å²) in [6, 6.07) is 4.58. The van der Waals surface area contributed by atoms with Crippen molar-refractivity contribution in [1.29, 1.82) is 0 Å². The maximum Gasteiger partial charge on any atom is 0.416 e. The van der Waals surface area contributed by atoms with Crippen molar-refractivity contribution in [2.45, 2.75) is 32.5 Å². The first-order valence-corrected chi connectivity index (χ1v) is 8.58. The van der Waals surface area contributed by atoms with Crippen LogP contribution in [0.2, 0.25) is 0 Å². The van der Waals surface area contributed by atoms with Gasteiger partial charge in [-0.25, -0.2) is 4.79 Å². The summed E-state index contributed by atoms with van der Waals surface area (Å²) in [5.41, 5.74) is -0.804. The van der Waals surface area contributed by atoms with Crippen LogP contribution in [0.15, 0.2) is 30.3 Å². The van der Waals surface area contributed by atoms with E-state index in [1.165, 1.54) is 24.3 Å². The molecule has 148 valence electrons. The van der Waals surface area contributed by atoms with Crippen molar-refractivity contribution in [3.63, 3.8) is 0 Å². The van der Waals surface area contributed by atoms with Crippen LogP contribution in [0.5, 0.6) is 0 Å². The zero-order chi connectivity index (χ0) is 20.2. The second-order valence-corrected chi connectivity index (χ2v) is 7.25. The highest BCUT2D eigenvalue weighted by molar-refractivity contribution is 5.92. The summed E-state index contributed by atoms with van der Waals surface area (Å²) >= 11 is 0. The SMILES string of the molecule is CC(C)(C)OC(=O)N1CCN(C(=O)/C=C/c2ccc(C(F)(F)F)cc2)CC1. The third-order valence-corrected chi connectivity index (χ3v) is 3.90. The van der Waals surface area contributed by atoms with E-state index in [0.717, 1.165) is 12.1 Å². The van der Waals surface area contributed by atoms with Gasteiger partial charge in [0.05, 0.1) is 5.56 Å². The Bertz CT molecular complexity index is 698. The van der Waals surface area contributed by atoms with E-state index in [1.54, 1.807) is 30.6 Å². The number of nitrogens with zero attached hydrogens (tertiary/aromatic N) is 2. The number of amides is 2. The number of hydrogen-bond donors (Lipinski definition) is 0. The molecule has 0 aromatic heterocycles. The quantitative estimate of drug-likeness (QED) is 0.729. The third-order valence-electron chi connectivity index (χ3n) is 3.90. The second-order valence-electron chi connectivity index (χ2n) is 7.25. The molecule has 0 bridgehead atoms. The highest BCUT2D eigenvalue weighted by Crippen LogP contribution is 2.29. The summed E-state index contributed by atoms with van der Waals surface area (Å²) < 4.78 is 42.9. The summed E-state index contributed by atoms with van der Waals surface area (Å²) in [5.74, 6) is -0.251. The molecule has 0 spiro atoms. The Hall–Kier alpha value is -2.51. The predicted octanol–water partition coefficient (Wildman–Crippen LogP) is 3.80. The van der Waals surface area contributed by atoms with Gasteiger partial charge in [-0.3, -0.25) is 4.79 Å².